The molecule has 40 heavy (non-hydrogen) atoms. The molecule has 1 aromatic heterocycles. The van der Waals surface area contributed by atoms with Crippen LogP contribution in [0.2, 0.25) is 0 Å². The number of carboxylic acid groups (broad SMARTS) is 1. The number of fused-ring (bicyclic) bond motifs is 1. The number of carbonyl (C=O) groups excluding carboxylic acids is 3. The smallest absolute Gasteiger partial charge is 0.326 e. The summed E-state index contributed by atoms with van der Waals surface area (Å²) in [5.74, 6) is -2.19. The number of aliphatic carboxylic acids is 1. The first-order valence-corrected chi connectivity index (χ1v) is 13.8. The summed E-state index contributed by atoms with van der Waals surface area (Å²) in [7, 11) is 0. The van der Waals surface area contributed by atoms with E-state index in [4.69, 9.17) is 5.73 Å². The average Bonchev–Trinajstić information content (AvgIpc) is 3.72. The van der Waals surface area contributed by atoms with Crippen LogP contribution in [0.1, 0.15) is 36.8 Å². The Balaban J connectivity index is 1.24. The lowest BCUT2D eigenvalue weighted by Crippen LogP contribution is -2.56. The Kier molecular flexibility index (Phi) is 8.16. The zero-order valence-electron chi connectivity index (χ0n) is 22.3. The molecule has 2 fully saturated rings. The van der Waals surface area contributed by atoms with Crippen LogP contribution >= 0.6 is 0 Å². The molecule has 0 spiro atoms. The molecule has 10 heteroatoms. The van der Waals surface area contributed by atoms with Crippen LogP contribution in [-0.2, 0) is 32.0 Å². The van der Waals surface area contributed by atoms with Gasteiger partial charge in [0.15, 0.2) is 0 Å². The van der Waals surface area contributed by atoms with Crippen molar-refractivity contribution in [2.75, 3.05) is 13.1 Å². The number of benzene rings is 2. The summed E-state index contributed by atoms with van der Waals surface area (Å²) in [5, 5.41) is 13.4. The maximum Gasteiger partial charge on any atom is 0.326 e. The summed E-state index contributed by atoms with van der Waals surface area (Å²) >= 11 is 0. The molecule has 5 rings (SSSR count). The fourth-order valence-corrected chi connectivity index (χ4v) is 5.94. The molecule has 0 unspecified atom stereocenters. The number of hydrogen-bond donors (Lipinski definition) is 4. The third-order valence-corrected chi connectivity index (χ3v) is 7.99. The van der Waals surface area contributed by atoms with Crippen LogP contribution in [0.4, 0.5) is 0 Å². The van der Waals surface area contributed by atoms with Crippen molar-refractivity contribution in [3.05, 3.63) is 71.9 Å². The molecule has 0 bridgehead atoms. The predicted octanol–water partition coefficient (Wildman–Crippen LogP) is 1.83. The summed E-state index contributed by atoms with van der Waals surface area (Å²) in [6, 6.07) is 13.7. The number of H-pyrrole nitrogens is 1. The first kappa shape index (κ1) is 27.4. The molecule has 0 saturated carbocycles. The number of hydrogen-bond acceptors (Lipinski definition) is 5. The third-order valence-electron chi connectivity index (χ3n) is 7.99. The zero-order chi connectivity index (χ0) is 28.2. The summed E-state index contributed by atoms with van der Waals surface area (Å²) in [5.41, 5.74) is 8.88. The van der Waals surface area contributed by atoms with E-state index in [2.05, 4.69) is 10.3 Å². The zero-order valence-corrected chi connectivity index (χ0v) is 22.3. The van der Waals surface area contributed by atoms with Crippen molar-refractivity contribution in [1.82, 2.24) is 20.1 Å². The first-order chi connectivity index (χ1) is 19.3. The van der Waals surface area contributed by atoms with Crippen LogP contribution in [0.15, 0.2) is 60.8 Å². The second-order valence-electron chi connectivity index (χ2n) is 10.6. The van der Waals surface area contributed by atoms with Crippen LogP contribution in [-0.4, -0.2) is 80.8 Å². The fourth-order valence-electron chi connectivity index (χ4n) is 5.94. The summed E-state index contributed by atoms with van der Waals surface area (Å²) in [6.07, 6.45) is 4.48. The maximum absolute atomic E-state index is 13.7. The molecule has 210 valence electrons. The van der Waals surface area contributed by atoms with Crippen molar-refractivity contribution in [3.63, 3.8) is 0 Å². The van der Waals surface area contributed by atoms with Crippen molar-refractivity contribution >= 4 is 34.6 Å². The van der Waals surface area contributed by atoms with Crippen molar-refractivity contribution < 1.29 is 24.3 Å². The number of para-hydroxylation sites is 1. The van der Waals surface area contributed by atoms with E-state index >= 15 is 0 Å². The SMILES string of the molecule is N[C@@H](Cc1ccccc1)C(=O)N1CCC[C@H]1C(=O)N1CCC[C@H]1C(=O)N[C@@H](Cc1c[nH]c2ccccc12)C(=O)O. The van der Waals surface area contributed by atoms with Gasteiger partial charge in [-0.1, -0.05) is 48.5 Å². The molecule has 5 N–H and O–H groups in total. The highest BCUT2D eigenvalue weighted by Crippen LogP contribution is 2.26. The van der Waals surface area contributed by atoms with E-state index in [1.165, 1.54) is 4.90 Å². The van der Waals surface area contributed by atoms with E-state index in [1.807, 2.05) is 54.6 Å². The molecule has 2 aliphatic rings. The number of nitrogens with two attached hydrogens (primary N) is 1. The molecule has 2 aromatic carbocycles. The fraction of sp³-hybridized carbons (Fsp3) is 0.400. The number of aromatic nitrogens is 1. The minimum atomic E-state index is -1.15. The Morgan fingerprint density at radius 1 is 0.925 bits per heavy atom. The molecule has 2 aliphatic heterocycles. The number of carboxylic acids is 1. The average molecular weight is 546 g/mol. The maximum atomic E-state index is 13.7. The van der Waals surface area contributed by atoms with Crippen LogP contribution < -0.4 is 11.1 Å². The van der Waals surface area contributed by atoms with Gasteiger partial charge in [0.2, 0.25) is 17.7 Å². The predicted molar refractivity (Wildman–Crippen MR) is 149 cm³/mol. The molecule has 3 amide bonds. The first-order valence-electron chi connectivity index (χ1n) is 13.8. The molecule has 0 aliphatic carbocycles. The molecule has 4 atom stereocenters. The van der Waals surface area contributed by atoms with Gasteiger partial charge in [0.25, 0.3) is 0 Å². The van der Waals surface area contributed by atoms with Crippen molar-refractivity contribution in [2.45, 2.75) is 62.7 Å². The number of nitrogens with one attached hydrogen (secondary N) is 2. The van der Waals surface area contributed by atoms with E-state index in [1.54, 1.807) is 11.1 Å². The molecule has 0 radical (unpaired) electrons. The number of amides is 3. The van der Waals surface area contributed by atoms with Crippen molar-refractivity contribution in [3.8, 4) is 0 Å². The Labute approximate surface area is 232 Å². The highest BCUT2D eigenvalue weighted by Gasteiger charge is 2.43. The molecule has 3 heterocycles. The highest BCUT2D eigenvalue weighted by atomic mass is 16.4. The van der Waals surface area contributed by atoms with Gasteiger partial charge in [-0.2, -0.15) is 0 Å². The summed E-state index contributed by atoms with van der Waals surface area (Å²) in [4.78, 5) is 58.5. The van der Waals surface area contributed by atoms with Crippen molar-refractivity contribution in [1.29, 1.82) is 0 Å². The van der Waals surface area contributed by atoms with Gasteiger partial charge in [-0.15, -0.1) is 0 Å². The number of nitrogens with zero attached hydrogens (tertiary/aromatic N) is 2. The van der Waals surface area contributed by atoms with Crippen LogP contribution in [0.25, 0.3) is 10.9 Å². The Morgan fingerprint density at radius 3 is 2.35 bits per heavy atom. The van der Waals surface area contributed by atoms with Gasteiger partial charge < -0.3 is 30.9 Å². The number of aromatic amines is 1. The molecule has 2 saturated heterocycles. The standard InChI is InChI=1S/C30H35N5O5/c31-22(16-19-8-2-1-3-9-19)28(37)35-15-7-13-26(35)29(38)34-14-6-12-25(34)27(36)33-24(30(39)40)17-20-18-32-23-11-5-4-10-21(20)23/h1-5,8-11,18,22,24-26,32H,6-7,12-17,31H2,(H,33,36)(H,39,40)/t22-,24-,25-,26-/m0/s1. The Morgan fingerprint density at radius 2 is 1.60 bits per heavy atom. The quantitative estimate of drug-likeness (QED) is 0.322. The van der Waals surface area contributed by atoms with Crippen LogP contribution in [0.5, 0.6) is 0 Å². The second kappa shape index (κ2) is 11.9. The second-order valence-corrected chi connectivity index (χ2v) is 10.6. The molecular formula is C30H35N5O5. The monoisotopic (exact) mass is 545 g/mol. The van der Waals surface area contributed by atoms with E-state index in [-0.39, 0.29) is 18.2 Å². The van der Waals surface area contributed by atoms with E-state index in [9.17, 15) is 24.3 Å². The van der Waals surface area contributed by atoms with Gasteiger partial charge in [-0.3, -0.25) is 14.4 Å². The van der Waals surface area contributed by atoms with Gasteiger partial charge in [0.05, 0.1) is 6.04 Å². The van der Waals surface area contributed by atoms with Gasteiger partial charge in [0.1, 0.15) is 18.1 Å². The summed E-state index contributed by atoms with van der Waals surface area (Å²) < 4.78 is 0. The number of rotatable bonds is 9. The van der Waals surface area contributed by atoms with E-state index in [0.29, 0.717) is 45.2 Å². The highest BCUT2D eigenvalue weighted by molar-refractivity contribution is 5.95. The number of likely N-dealkylation sites (tertiary alicyclic amines) is 2. The van der Waals surface area contributed by atoms with Gasteiger partial charge >= 0.3 is 5.97 Å². The van der Waals surface area contributed by atoms with E-state index in [0.717, 1.165) is 22.0 Å². The van der Waals surface area contributed by atoms with E-state index < -0.39 is 36.0 Å². The van der Waals surface area contributed by atoms with Gasteiger partial charge in [0, 0.05) is 36.6 Å². The largest absolute Gasteiger partial charge is 0.480 e. The molecule has 3 aromatic rings. The Bertz CT molecular complexity index is 1390. The molecular weight excluding hydrogens is 510 g/mol. The third kappa shape index (κ3) is 5.72. The molecule has 10 nitrogen and oxygen atoms in total. The lowest BCUT2D eigenvalue weighted by atomic mass is 10.0. The minimum absolute atomic E-state index is 0.107. The van der Waals surface area contributed by atoms with Crippen LogP contribution in [0.3, 0.4) is 0 Å². The topological polar surface area (TPSA) is 149 Å². The lowest BCUT2D eigenvalue weighted by molar-refractivity contribution is -0.148. The lowest BCUT2D eigenvalue weighted by Gasteiger charge is -2.32. The Hall–Kier alpha value is -4.18. The summed E-state index contributed by atoms with van der Waals surface area (Å²) in [6.45, 7) is 0.819. The van der Waals surface area contributed by atoms with Gasteiger partial charge in [-0.25, -0.2) is 4.79 Å². The van der Waals surface area contributed by atoms with Gasteiger partial charge in [-0.05, 0) is 49.3 Å². The number of carbonyl (C=O) groups is 4. The normalized spacial score (nSPS) is 20.4. The van der Waals surface area contributed by atoms with Crippen molar-refractivity contribution in [2.24, 2.45) is 5.73 Å². The minimum Gasteiger partial charge on any atom is -0.480 e. The van der Waals surface area contributed by atoms with Crippen LogP contribution in [0, 0.1) is 0 Å².